The highest BCUT2D eigenvalue weighted by Gasteiger charge is 2.05. The zero-order chi connectivity index (χ0) is 15.9. The molecule has 2 aromatic carbocycles. The summed E-state index contributed by atoms with van der Waals surface area (Å²) in [5, 5.41) is 5.65. The smallest absolute Gasteiger partial charge is 0.319 e. The number of benzene rings is 2. The minimum atomic E-state index is -0.220. The van der Waals surface area contributed by atoms with Gasteiger partial charge in [0.1, 0.15) is 12.4 Å². The Morgan fingerprint density at radius 2 is 1.73 bits per heavy atom. The third-order valence-electron chi connectivity index (χ3n) is 3.59. The first kappa shape index (κ1) is 15.9. The lowest BCUT2D eigenvalue weighted by molar-refractivity contribution is 0.247. The zero-order valence-corrected chi connectivity index (χ0v) is 13.3. The van der Waals surface area contributed by atoms with Gasteiger partial charge >= 0.3 is 6.03 Å². The Morgan fingerprint density at radius 1 is 1.00 bits per heavy atom. The van der Waals surface area contributed by atoms with E-state index in [0.29, 0.717) is 13.2 Å². The predicted octanol–water partition coefficient (Wildman–Crippen LogP) is 3.81. The van der Waals surface area contributed by atoms with Gasteiger partial charge in [-0.3, -0.25) is 0 Å². The van der Waals surface area contributed by atoms with Crippen molar-refractivity contribution in [2.45, 2.75) is 20.8 Å². The molecule has 0 unspecified atom stereocenters. The van der Waals surface area contributed by atoms with Gasteiger partial charge in [-0.15, -0.1) is 0 Å². The van der Waals surface area contributed by atoms with Gasteiger partial charge in [-0.05, 0) is 49.6 Å². The third kappa shape index (κ3) is 4.25. The van der Waals surface area contributed by atoms with Crippen molar-refractivity contribution < 1.29 is 9.53 Å². The summed E-state index contributed by atoms with van der Waals surface area (Å²) in [6.07, 6.45) is 0. The van der Waals surface area contributed by atoms with Crippen molar-refractivity contribution in [3.8, 4) is 5.75 Å². The summed E-state index contributed by atoms with van der Waals surface area (Å²) < 4.78 is 5.64. The number of amides is 2. The molecule has 0 atom stereocenters. The predicted molar refractivity (Wildman–Crippen MR) is 89.6 cm³/mol. The highest BCUT2D eigenvalue weighted by atomic mass is 16.5. The molecule has 2 rings (SSSR count). The highest BCUT2D eigenvalue weighted by Crippen LogP contribution is 2.18. The van der Waals surface area contributed by atoms with E-state index in [1.54, 1.807) is 0 Å². The molecule has 4 nitrogen and oxygen atoms in total. The number of para-hydroxylation sites is 1. The Labute approximate surface area is 131 Å². The first-order valence-electron chi connectivity index (χ1n) is 7.37. The minimum absolute atomic E-state index is 0.220. The van der Waals surface area contributed by atoms with Gasteiger partial charge < -0.3 is 15.4 Å². The number of urea groups is 1. The average molecular weight is 298 g/mol. The van der Waals surface area contributed by atoms with E-state index in [1.807, 2.05) is 63.2 Å². The molecule has 0 bridgehead atoms. The number of hydrogen-bond donors (Lipinski definition) is 2. The van der Waals surface area contributed by atoms with Crippen molar-refractivity contribution in [2.24, 2.45) is 0 Å². The summed E-state index contributed by atoms with van der Waals surface area (Å²) in [6.45, 7) is 6.90. The Morgan fingerprint density at radius 3 is 2.50 bits per heavy atom. The van der Waals surface area contributed by atoms with Crippen LogP contribution in [0.25, 0.3) is 0 Å². The molecule has 2 aromatic rings. The molecule has 0 aliphatic heterocycles. The Kier molecular flexibility index (Phi) is 5.42. The van der Waals surface area contributed by atoms with E-state index >= 15 is 0 Å². The van der Waals surface area contributed by atoms with E-state index in [4.69, 9.17) is 4.74 Å². The summed E-state index contributed by atoms with van der Waals surface area (Å²) in [4.78, 5) is 11.9. The van der Waals surface area contributed by atoms with Gasteiger partial charge in [0.05, 0.1) is 6.54 Å². The molecule has 0 spiro atoms. The summed E-state index contributed by atoms with van der Waals surface area (Å²) in [6, 6.07) is 13.4. The SMILES string of the molecule is Cc1ccccc1OCCNC(=O)Nc1cccc(C)c1C. The molecule has 2 N–H and O–H groups in total. The van der Waals surface area contributed by atoms with Crippen molar-refractivity contribution in [1.82, 2.24) is 5.32 Å². The van der Waals surface area contributed by atoms with Crippen LogP contribution >= 0.6 is 0 Å². The normalized spacial score (nSPS) is 10.1. The van der Waals surface area contributed by atoms with E-state index in [9.17, 15) is 4.79 Å². The molecule has 4 heteroatoms. The van der Waals surface area contributed by atoms with Crippen molar-refractivity contribution >= 4 is 11.7 Å². The van der Waals surface area contributed by atoms with Crippen LogP contribution in [0.2, 0.25) is 0 Å². The molecule has 0 aromatic heterocycles. The van der Waals surface area contributed by atoms with Crippen LogP contribution in [0.4, 0.5) is 10.5 Å². The van der Waals surface area contributed by atoms with Gasteiger partial charge in [-0.25, -0.2) is 4.79 Å². The molecule has 0 fully saturated rings. The summed E-state index contributed by atoms with van der Waals surface area (Å²) in [7, 11) is 0. The van der Waals surface area contributed by atoms with E-state index in [2.05, 4.69) is 10.6 Å². The first-order valence-corrected chi connectivity index (χ1v) is 7.37. The fraction of sp³-hybridized carbons (Fsp3) is 0.278. The maximum Gasteiger partial charge on any atom is 0.319 e. The largest absolute Gasteiger partial charge is 0.491 e. The number of carbonyl (C=O) groups excluding carboxylic acids is 1. The molecular weight excluding hydrogens is 276 g/mol. The van der Waals surface area contributed by atoms with E-state index < -0.39 is 0 Å². The maximum absolute atomic E-state index is 11.9. The lowest BCUT2D eigenvalue weighted by atomic mass is 10.1. The van der Waals surface area contributed by atoms with E-state index in [1.165, 1.54) is 0 Å². The number of hydrogen-bond acceptors (Lipinski definition) is 2. The molecule has 22 heavy (non-hydrogen) atoms. The summed E-state index contributed by atoms with van der Waals surface area (Å²) in [5.74, 6) is 0.847. The van der Waals surface area contributed by atoms with Crippen LogP contribution < -0.4 is 15.4 Å². The second-order valence-electron chi connectivity index (χ2n) is 5.24. The number of carbonyl (C=O) groups is 1. The Bertz CT molecular complexity index is 653. The maximum atomic E-state index is 11.9. The fourth-order valence-corrected chi connectivity index (χ4v) is 2.10. The zero-order valence-electron chi connectivity index (χ0n) is 13.3. The lowest BCUT2D eigenvalue weighted by Crippen LogP contribution is -2.32. The molecule has 0 radical (unpaired) electrons. The number of anilines is 1. The molecule has 0 aliphatic carbocycles. The molecule has 0 heterocycles. The quantitative estimate of drug-likeness (QED) is 0.825. The Balaban J connectivity index is 1.76. The topological polar surface area (TPSA) is 50.4 Å². The average Bonchev–Trinajstić information content (AvgIpc) is 2.50. The standard InChI is InChI=1S/C18H22N2O2/c1-13-8-6-9-16(15(13)3)20-18(21)19-11-12-22-17-10-5-4-7-14(17)2/h4-10H,11-12H2,1-3H3,(H2,19,20,21). The van der Waals surface area contributed by atoms with Crippen LogP contribution in [0.5, 0.6) is 5.75 Å². The van der Waals surface area contributed by atoms with Gasteiger partial charge in [0.15, 0.2) is 0 Å². The third-order valence-corrected chi connectivity index (χ3v) is 3.59. The molecular formula is C18H22N2O2. The van der Waals surface area contributed by atoms with Crippen LogP contribution in [0.3, 0.4) is 0 Å². The number of rotatable bonds is 5. The van der Waals surface area contributed by atoms with Gasteiger partial charge in [0, 0.05) is 5.69 Å². The van der Waals surface area contributed by atoms with Crippen LogP contribution in [-0.2, 0) is 0 Å². The van der Waals surface area contributed by atoms with Gasteiger partial charge in [-0.2, -0.15) is 0 Å². The van der Waals surface area contributed by atoms with Crippen molar-refractivity contribution in [3.05, 3.63) is 59.2 Å². The van der Waals surface area contributed by atoms with Crippen LogP contribution in [0, 0.1) is 20.8 Å². The minimum Gasteiger partial charge on any atom is -0.491 e. The van der Waals surface area contributed by atoms with Gasteiger partial charge in [-0.1, -0.05) is 30.3 Å². The van der Waals surface area contributed by atoms with Crippen molar-refractivity contribution in [3.63, 3.8) is 0 Å². The Hall–Kier alpha value is -2.49. The number of nitrogens with one attached hydrogen (secondary N) is 2. The van der Waals surface area contributed by atoms with E-state index in [0.717, 1.165) is 28.1 Å². The molecule has 0 saturated carbocycles. The number of aryl methyl sites for hydroxylation is 2. The molecule has 116 valence electrons. The second-order valence-corrected chi connectivity index (χ2v) is 5.24. The van der Waals surface area contributed by atoms with Gasteiger partial charge in [0.2, 0.25) is 0 Å². The molecule has 2 amide bonds. The van der Waals surface area contributed by atoms with Crippen LogP contribution in [0.15, 0.2) is 42.5 Å². The van der Waals surface area contributed by atoms with E-state index in [-0.39, 0.29) is 6.03 Å². The molecule has 0 saturated heterocycles. The van der Waals surface area contributed by atoms with Crippen LogP contribution in [-0.4, -0.2) is 19.2 Å². The van der Waals surface area contributed by atoms with Crippen molar-refractivity contribution in [1.29, 1.82) is 0 Å². The second kappa shape index (κ2) is 7.50. The lowest BCUT2D eigenvalue weighted by Gasteiger charge is -2.12. The van der Waals surface area contributed by atoms with Crippen molar-refractivity contribution in [2.75, 3.05) is 18.5 Å². The fourth-order valence-electron chi connectivity index (χ4n) is 2.10. The summed E-state index contributed by atoms with van der Waals surface area (Å²) >= 11 is 0. The van der Waals surface area contributed by atoms with Gasteiger partial charge in [0.25, 0.3) is 0 Å². The van der Waals surface area contributed by atoms with Crippen LogP contribution in [0.1, 0.15) is 16.7 Å². The molecule has 0 aliphatic rings. The summed E-state index contributed by atoms with van der Waals surface area (Å²) in [5.41, 5.74) is 4.15. The monoisotopic (exact) mass is 298 g/mol. The first-order chi connectivity index (χ1) is 10.6. The highest BCUT2D eigenvalue weighted by molar-refractivity contribution is 5.90. The number of ether oxygens (including phenoxy) is 1.